The van der Waals surface area contributed by atoms with E-state index in [4.69, 9.17) is 39.5 Å². The maximum absolute atomic E-state index is 12.3. The summed E-state index contributed by atoms with van der Waals surface area (Å²) in [6.45, 7) is 2.41. The number of rotatable bonds is 5. The van der Waals surface area contributed by atoms with Crippen LogP contribution in [0.5, 0.6) is 5.75 Å². The van der Waals surface area contributed by atoms with Crippen molar-refractivity contribution in [1.29, 1.82) is 0 Å². The second-order valence-corrected chi connectivity index (χ2v) is 6.61. The van der Waals surface area contributed by atoms with Crippen LogP contribution in [0.1, 0.15) is 12.8 Å². The van der Waals surface area contributed by atoms with Crippen molar-refractivity contribution in [3.05, 3.63) is 27.2 Å². The number of carbonyl (C=O) groups excluding carboxylic acids is 1. The van der Waals surface area contributed by atoms with E-state index in [1.54, 1.807) is 0 Å². The van der Waals surface area contributed by atoms with E-state index in [0.717, 1.165) is 32.5 Å². The number of piperidine rings is 1. The highest BCUT2D eigenvalue weighted by Crippen LogP contribution is 2.33. The lowest BCUT2D eigenvalue weighted by molar-refractivity contribution is -0.135. The van der Waals surface area contributed by atoms with Gasteiger partial charge in [0.25, 0.3) is 5.91 Å². The fraction of sp³-hybridized carbons (Fsp3) is 0.533. The number of nitrogens with zero attached hydrogens (tertiary/aromatic N) is 1. The van der Waals surface area contributed by atoms with Crippen molar-refractivity contribution in [2.24, 2.45) is 5.92 Å². The molecule has 1 aliphatic heterocycles. The van der Waals surface area contributed by atoms with E-state index in [0.29, 0.717) is 26.7 Å². The van der Waals surface area contributed by atoms with Gasteiger partial charge in [-0.15, -0.1) is 12.4 Å². The van der Waals surface area contributed by atoms with E-state index < -0.39 is 0 Å². The number of ether oxygens (including phenoxy) is 1. The average molecular weight is 402 g/mol. The third-order valence-corrected chi connectivity index (χ3v) is 4.71. The molecule has 1 N–H and O–H groups in total. The van der Waals surface area contributed by atoms with Crippen LogP contribution in [0.2, 0.25) is 15.1 Å². The zero-order chi connectivity index (χ0) is 16.1. The molecule has 23 heavy (non-hydrogen) atoms. The normalized spacial score (nSPS) is 17.6. The smallest absolute Gasteiger partial charge is 0.260 e. The van der Waals surface area contributed by atoms with E-state index in [2.05, 4.69) is 5.32 Å². The molecule has 0 saturated carbocycles. The van der Waals surface area contributed by atoms with Crippen LogP contribution in [0, 0.1) is 5.92 Å². The summed E-state index contributed by atoms with van der Waals surface area (Å²) in [5, 5.41) is 4.21. The van der Waals surface area contributed by atoms with Crippen LogP contribution >= 0.6 is 47.2 Å². The topological polar surface area (TPSA) is 41.6 Å². The Bertz CT molecular complexity index is 540. The molecule has 1 saturated heterocycles. The quantitative estimate of drug-likeness (QED) is 0.760. The SMILES string of the molecule is CNCC1CCCN(C(=O)COc2cc(Cl)c(Cl)cc2Cl)C1.Cl. The van der Waals surface area contributed by atoms with Crippen LogP contribution in [0.3, 0.4) is 0 Å². The number of hydrogen-bond acceptors (Lipinski definition) is 3. The molecular weight excluding hydrogens is 382 g/mol. The minimum absolute atomic E-state index is 0. The predicted octanol–water partition coefficient (Wildman–Crippen LogP) is 3.91. The number of hydrogen-bond donors (Lipinski definition) is 1. The van der Waals surface area contributed by atoms with Crippen molar-refractivity contribution in [3.63, 3.8) is 0 Å². The molecule has 0 bridgehead atoms. The summed E-state index contributed by atoms with van der Waals surface area (Å²) in [7, 11) is 1.93. The van der Waals surface area contributed by atoms with Crippen molar-refractivity contribution in [2.45, 2.75) is 12.8 Å². The number of likely N-dealkylation sites (tertiary alicyclic amines) is 1. The maximum atomic E-state index is 12.3. The van der Waals surface area contributed by atoms with Gasteiger partial charge in [-0.05, 0) is 38.4 Å². The summed E-state index contributed by atoms with van der Waals surface area (Å²) in [5.74, 6) is 0.826. The Morgan fingerprint density at radius 1 is 1.30 bits per heavy atom. The molecule has 1 aromatic rings. The molecule has 1 heterocycles. The van der Waals surface area contributed by atoms with Crippen molar-refractivity contribution in [2.75, 3.05) is 33.3 Å². The Morgan fingerprint density at radius 2 is 2.00 bits per heavy atom. The summed E-state index contributed by atoms with van der Waals surface area (Å²) in [6.07, 6.45) is 2.16. The van der Waals surface area contributed by atoms with Gasteiger partial charge < -0.3 is 15.0 Å². The second-order valence-electron chi connectivity index (χ2n) is 5.39. The molecule has 1 atom stereocenters. The van der Waals surface area contributed by atoms with Crippen LogP contribution in [-0.2, 0) is 4.79 Å². The highest BCUT2D eigenvalue weighted by atomic mass is 35.5. The highest BCUT2D eigenvalue weighted by Gasteiger charge is 2.23. The second kappa shape index (κ2) is 9.80. The first-order valence-corrected chi connectivity index (χ1v) is 8.34. The minimum atomic E-state index is -0.0516. The zero-order valence-electron chi connectivity index (χ0n) is 12.8. The summed E-state index contributed by atoms with van der Waals surface area (Å²) in [6, 6.07) is 3.04. The Hall–Kier alpha value is -0.390. The van der Waals surface area contributed by atoms with Gasteiger partial charge in [-0.2, -0.15) is 0 Å². The van der Waals surface area contributed by atoms with Gasteiger partial charge >= 0.3 is 0 Å². The number of halogens is 4. The predicted molar refractivity (Wildman–Crippen MR) is 97.4 cm³/mol. The van der Waals surface area contributed by atoms with Crippen molar-refractivity contribution >= 4 is 53.1 Å². The van der Waals surface area contributed by atoms with E-state index in [9.17, 15) is 4.79 Å². The largest absolute Gasteiger partial charge is 0.482 e. The maximum Gasteiger partial charge on any atom is 0.260 e. The third kappa shape index (κ3) is 5.87. The lowest BCUT2D eigenvalue weighted by Crippen LogP contribution is -2.44. The van der Waals surface area contributed by atoms with Gasteiger partial charge in [-0.25, -0.2) is 0 Å². The Kier molecular flexibility index (Phi) is 8.80. The molecule has 1 fully saturated rings. The number of nitrogens with one attached hydrogen (secondary N) is 1. The Morgan fingerprint density at radius 3 is 2.70 bits per heavy atom. The lowest BCUT2D eigenvalue weighted by Gasteiger charge is -2.32. The number of benzene rings is 1. The molecule has 8 heteroatoms. The Labute approximate surface area is 157 Å². The summed E-state index contributed by atoms with van der Waals surface area (Å²) < 4.78 is 5.50. The molecule has 130 valence electrons. The van der Waals surface area contributed by atoms with Crippen LogP contribution in [0.25, 0.3) is 0 Å². The number of amides is 1. The van der Waals surface area contributed by atoms with Gasteiger partial charge in [0.2, 0.25) is 0 Å². The van der Waals surface area contributed by atoms with Crippen LogP contribution in [0.4, 0.5) is 0 Å². The van der Waals surface area contributed by atoms with Crippen molar-refractivity contribution < 1.29 is 9.53 Å². The molecule has 0 spiro atoms. The van der Waals surface area contributed by atoms with Crippen LogP contribution < -0.4 is 10.1 Å². The molecule has 0 radical (unpaired) electrons. The minimum Gasteiger partial charge on any atom is -0.482 e. The fourth-order valence-corrected chi connectivity index (χ4v) is 3.18. The van der Waals surface area contributed by atoms with Crippen LogP contribution in [0.15, 0.2) is 12.1 Å². The molecule has 1 amide bonds. The van der Waals surface area contributed by atoms with E-state index in [1.807, 2.05) is 11.9 Å². The van der Waals surface area contributed by atoms with E-state index >= 15 is 0 Å². The first-order chi connectivity index (χ1) is 10.5. The molecule has 1 unspecified atom stereocenters. The summed E-state index contributed by atoms with van der Waals surface area (Å²) in [4.78, 5) is 14.1. The van der Waals surface area contributed by atoms with Crippen molar-refractivity contribution in [3.8, 4) is 5.75 Å². The number of carbonyl (C=O) groups is 1. The zero-order valence-corrected chi connectivity index (χ0v) is 15.9. The molecular formula is C15H20Cl4N2O2. The lowest BCUT2D eigenvalue weighted by atomic mass is 9.98. The third-order valence-electron chi connectivity index (χ3n) is 3.69. The monoisotopic (exact) mass is 400 g/mol. The molecule has 1 aromatic carbocycles. The van der Waals surface area contributed by atoms with Crippen molar-refractivity contribution in [1.82, 2.24) is 10.2 Å². The van der Waals surface area contributed by atoms with E-state index in [-0.39, 0.29) is 24.9 Å². The summed E-state index contributed by atoms with van der Waals surface area (Å²) in [5.41, 5.74) is 0. The Balaban J connectivity index is 0.00000264. The molecule has 0 aromatic heterocycles. The standard InChI is InChI=1S/C15H19Cl3N2O2.ClH/c1-19-7-10-3-2-4-20(8-10)15(21)9-22-14-6-12(17)11(16)5-13(14)18;/h5-6,10,19H,2-4,7-9H2,1H3;1H. The average Bonchev–Trinajstić information content (AvgIpc) is 2.50. The molecule has 4 nitrogen and oxygen atoms in total. The first kappa shape index (κ1) is 20.7. The van der Waals surface area contributed by atoms with Gasteiger partial charge in [-0.3, -0.25) is 4.79 Å². The fourth-order valence-electron chi connectivity index (χ4n) is 2.59. The van der Waals surface area contributed by atoms with Gasteiger partial charge in [0.15, 0.2) is 6.61 Å². The highest BCUT2D eigenvalue weighted by molar-refractivity contribution is 6.43. The van der Waals surface area contributed by atoms with Crippen LogP contribution in [-0.4, -0.2) is 44.1 Å². The van der Waals surface area contributed by atoms with Gasteiger partial charge in [0.05, 0.1) is 15.1 Å². The molecule has 0 aliphatic carbocycles. The van der Waals surface area contributed by atoms with Gasteiger partial charge in [0.1, 0.15) is 5.75 Å². The summed E-state index contributed by atoms with van der Waals surface area (Å²) >= 11 is 17.8. The van der Waals surface area contributed by atoms with Gasteiger partial charge in [0, 0.05) is 19.2 Å². The molecule has 1 aliphatic rings. The molecule has 2 rings (SSSR count). The first-order valence-electron chi connectivity index (χ1n) is 7.21. The van der Waals surface area contributed by atoms with E-state index in [1.165, 1.54) is 12.1 Å². The van der Waals surface area contributed by atoms with Gasteiger partial charge in [-0.1, -0.05) is 34.8 Å².